The number of hydrogen-bond acceptors (Lipinski definition) is 3. The van der Waals surface area contributed by atoms with Crippen LogP contribution in [-0.4, -0.2) is 19.0 Å². The molecule has 1 amide bonds. The van der Waals surface area contributed by atoms with Crippen LogP contribution in [0.15, 0.2) is 77.7 Å². The molecule has 1 aliphatic heterocycles. The van der Waals surface area contributed by atoms with Crippen molar-refractivity contribution in [1.82, 2.24) is 5.32 Å². The second-order valence-corrected chi connectivity index (χ2v) is 8.89. The number of carbonyl (C=O) groups excluding carboxylic acids is 1. The molecule has 154 valence electrons. The van der Waals surface area contributed by atoms with E-state index in [1.807, 2.05) is 36.0 Å². The average molecular weight is 417 g/mol. The van der Waals surface area contributed by atoms with Crippen molar-refractivity contribution in [1.29, 1.82) is 0 Å². The molecule has 0 bridgehead atoms. The van der Waals surface area contributed by atoms with E-state index in [0.717, 1.165) is 24.4 Å². The summed E-state index contributed by atoms with van der Waals surface area (Å²) in [7, 11) is 0. The molecule has 3 aromatic rings. The molecular weight excluding hydrogens is 388 g/mol. The highest BCUT2D eigenvalue weighted by molar-refractivity contribution is 7.98. The minimum absolute atomic E-state index is 0.0312. The highest BCUT2D eigenvalue weighted by Crippen LogP contribution is 2.23. The van der Waals surface area contributed by atoms with Crippen LogP contribution in [0.2, 0.25) is 0 Å². The average Bonchev–Trinajstić information content (AvgIpc) is 3.33. The molecule has 0 radical (unpaired) electrons. The maximum Gasteiger partial charge on any atom is 0.251 e. The van der Waals surface area contributed by atoms with E-state index < -0.39 is 0 Å². The van der Waals surface area contributed by atoms with Crippen molar-refractivity contribution < 1.29 is 4.79 Å². The molecule has 0 aliphatic carbocycles. The molecule has 0 saturated carbocycles. The van der Waals surface area contributed by atoms with Gasteiger partial charge >= 0.3 is 0 Å². The van der Waals surface area contributed by atoms with E-state index in [-0.39, 0.29) is 5.91 Å². The van der Waals surface area contributed by atoms with E-state index in [1.165, 1.54) is 34.6 Å². The fourth-order valence-electron chi connectivity index (χ4n) is 3.64. The minimum Gasteiger partial charge on any atom is -0.372 e. The Kier molecular flexibility index (Phi) is 6.75. The van der Waals surface area contributed by atoms with Gasteiger partial charge in [-0.25, -0.2) is 0 Å². The van der Waals surface area contributed by atoms with Gasteiger partial charge < -0.3 is 10.2 Å². The van der Waals surface area contributed by atoms with E-state index in [0.29, 0.717) is 12.1 Å². The van der Waals surface area contributed by atoms with Gasteiger partial charge in [-0.3, -0.25) is 4.79 Å². The Morgan fingerprint density at radius 3 is 2.17 bits per heavy atom. The normalized spacial score (nSPS) is 13.4. The Morgan fingerprint density at radius 2 is 1.50 bits per heavy atom. The second kappa shape index (κ2) is 9.86. The highest BCUT2D eigenvalue weighted by atomic mass is 32.2. The van der Waals surface area contributed by atoms with Crippen LogP contribution in [0.3, 0.4) is 0 Å². The Bertz CT molecular complexity index is 959. The fraction of sp³-hybridized carbons (Fsp3) is 0.269. The predicted molar refractivity (Wildman–Crippen MR) is 126 cm³/mol. The van der Waals surface area contributed by atoms with Gasteiger partial charge in [-0.15, -0.1) is 11.8 Å². The van der Waals surface area contributed by atoms with E-state index in [4.69, 9.17) is 0 Å². The molecule has 1 heterocycles. The number of carbonyl (C=O) groups is 1. The predicted octanol–water partition coefficient (Wildman–Crippen LogP) is 5.82. The van der Waals surface area contributed by atoms with E-state index >= 15 is 0 Å². The number of thioether (sulfide) groups is 1. The third-order valence-electron chi connectivity index (χ3n) is 5.50. The molecule has 4 rings (SSSR count). The van der Waals surface area contributed by atoms with Gasteiger partial charge in [0.2, 0.25) is 0 Å². The smallest absolute Gasteiger partial charge is 0.251 e. The summed E-state index contributed by atoms with van der Waals surface area (Å²) in [6.07, 6.45) is 2.56. The lowest BCUT2D eigenvalue weighted by Crippen LogP contribution is -2.23. The Hall–Kier alpha value is -2.72. The number of hydrogen-bond donors (Lipinski definition) is 1. The third-order valence-corrected chi connectivity index (χ3v) is 6.59. The standard InChI is InChI=1S/C26H28N2OS/c1-20-4-14-25(15-5-20)30-19-22-6-10-23(11-7-22)26(29)27-18-21-8-12-24(13-9-21)28-16-2-3-17-28/h4-15H,2-3,16-19H2,1H3,(H,27,29). The molecular formula is C26H28N2OS. The number of aryl methyl sites for hydroxylation is 1. The number of nitrogens with one attached hydrogen (secondary N) is 1. The first-order valence-corrected chi connectivity index (χ1v) is 11.6. The quantitative estimate of drug-likeness (QED) is 0.493. The first kappa shape index (κ1) is 20.5. The number of anilines is 1. The second-order valence-electron chi connectivity index (χ2n) is 7.84. The Morgan fingerprint density at radius 1 is 0.867 bits per heavy atom. The SMILES string of the molecule is Cc1ccc(SCc2ccc(C(=O)NCc3ccc(N4CCCC4)cc3)cc2)cc1. The number of nitrogens with zero attached hydrogens (tertiary/aromatic N) is 1. The van der Waals surface area contributed by atoms with Crippen molar-refractivity contribution in [3.63, 3.8) is 0 Å². The van der Waals surface area contributed by atoms with Gasteiger partial charge in [-0.05, 0) is 67.3 Å². The van der Waals surface area contributed by atoms with Gasteiger partial charge in [-0.2, -0.15) is 0 Å². The van der Waals surface area contributed by atoms with Gasteiger partial charge in [0.25, 0.3) is 5.91 Å². The van der Waals surface area contributed by atoms with Gasteiger partial charge in [0.15, 0.2) is 0 Å². The number of rotatable bonds is 7. The maximum atomic E-state index is 12.5. The Balaban J connectivity index is 1.26. The summed E-state index contributed by atoms with van der Waals surface area (Å²) in [5, 5.41) is 3.03. The van der Waals surface area contributed by atoms with Crippen LogP contribution in [0.25, 0.3) is 0 Å². The van der Waals surface area contributed by atoms with Crippen molar-refractivity contribution in [2.45, 2.75) is 37.0 Å². The van der Waals surface area contributed by atoms with Crippen molar-refractivity contribution in [2.75, 3.05) is 18.0 Å². The maximum absolute atomic E-state index is 12.5. The Labute approximate surface area is 183 Å². The van der Waals surface area contributed by atoms with Crippen LogP contribution >= 0.6 is 11.8 Å². The topological polar surface area (TPSA) is 32.3 Å². The summed E-state index contributed by atoms with van der Waals surface area (Å²) in [6.45, 7) is 4.94. The molecule has 3 aromatic carbocycles. The minimum atomic E-state index is -0.0312. The summed E-state index contributed by atoms with van der Waals surface area (Å²) < 4.78 is 0. The van der Waals surface area contributed by atoms with Crippen LogP contribution in [-0.2, 0) is 12.3 Å². The number of amides is 1. The zero-order valence-corrected chi connectivity index (χ0v) is 18.3. The summed E-state index contributed by atoms with van der Waals surface area (Å²) in [5.74, 6) is 0.866. The molecule has 0 atom stereocenters. The van der Waals surface area contributed by atoms with Crippen LogP contribution in [0.5, 0.6) is 0 Å². The zero-order valence-electron chi connectivity index (χ0n) is 17.4. The number of benzene rings is 3. The third kappa shape index (κ3) is 5.45. The molecule has 4 heteroatoms. The highest BCUT2D eigenvalue weighted by Gasteiger charge is 2.12. The molecule has 0 aromatic heterocycles. The molecule has 30 heavy (non-hydrogen) atoms. The van der Waals surface area contributed by atoms with Crippen LogP contribution in [0.4, 0.5) is 5.69 Å². The molecule has 0 unspecified atom stereocenters. The van der Waals surface area contributed by atoms with Gasteiger partial charge in [-0.1, -0.05) is 42.0 Å². The lowest BCUT2D eigenvalue weighted by molar-refractivity contribution is 0.0951. The molecule has 0 spiro atoms. The van der Waals surface area contributed by atoms with Gasteiger partial charge in [0.05, 0.1) is 0 Å². The molecule has 1 N–H and O–H groups in total. The van der Waals surface area contributed by atoms with Crippen molar-refractivity contribution >= 4 is 23.4 Å². The first-order valence-electron chi connectivity index (χ1n) is 10.6. The van der Waals surface area contributed by atoms with Crippen molar-refractivity contribution in [3.05, 3.63) is 95.1 Å². The molecule has 1 fully saturated rings. The van der Waals surface area contributed by atoms with Crippen LogP contribution < -0.4 is 10.2 Å². The van der Waals surface area contributed by atoms with E-state index in [9.17, 15) is 4.79 Å². The summed E-state index contributed by atoms with van der Waals surface area (Å²) in [4.78, 5) is 16.2. The largest absolute Gasteiger partial charge is 0.372 e. The molecule has 1 aliphatic rings. The van der Waals surface area contributed by atoms with Crippen molar-refractivity contribution in [2.24, 2.45) is 0 Å². The van der Waals surface area contributed by atoms with Crippen LogP contribution in [0, 0.1) is 6.92 Å². The fourth-order valence-corrected chi connectivity index (χ4v) is 4.49. The lowest BCUT2D eigenvalue weighted by Gasteiger charge is -2.17. The van der Waals surface area contributed by atoms with Gasteiger partial charge in [0.1, 0.15) is 0 Å². The van der Waals surface area contributed by atoms with Crippen molar-refractivity contribution in [3.8, 4) is 0 Å². The lowest BCUT2D eigenvalue weighted by atomic mass is 10.1. The summed E-state index contributed by atoms with van der Waals surface area (Å²) >= 11 is 1.81. The first-order chi connectivity index (χ1) is 14.7. The van der Waals surface area contributed by atoms with E-state index in [1.54, 1.807) is 0 Å². The molecule has 3 nitrogen and oxygen atoms in total. The summed E-state index contributed by atoms with van der Waals surface area (Å²) in [6, 6.07) is 25.0. The molecule has 1 saturated heterocycles. The van der Waals surface area contributed by atoms with Crippen LogP contribution in [0.1, 0.15) is 39.9 Å². The zero-order chi connectivity index (χ0) is 20.8. The monoisotopic (exact) mass is 416 g/mol. The van der Waals surface area contributed by atoms with Gasteiger partial charge in [0, 0.05) is 41.5 Å². The van der Waals surface area contributed by atoms with E-state index in [2.05, 4.69) is 65.7 Å². The summed E-state index contributed by atoms with van der Waals surface area (Å²) in [5.41, 5.74) is 5.60.